The van der Waals surface area contributed by atoms with Gasteiger partial charge in [-0.15, -0.1) is 0 Å². The quantitative estimate of drug-likeness (QED) is 0.466. The summed E-state index contributed by atoms with van der Waals surface area (Å²) in [5, 5.41) is 13.0. The minimum atomic E-state index is -1.34. The minimum Gasteiger partial charge on any atom is -0.378 e. The Balaban J connectivity index is 1.62. The van der Waals surface area contributed by atoms with Crippen molar-refractivity contribution in [3.63, 3.8) is 0 Å². The number of aromatic amines is 1. The molecule has 0 spiro atoms. The number of β-amino-alcohol motifs (C(OH)–C–C–N with tert-alkyl or cyclic N) is 1. The summed E-state index contributed by atoms with van der Waals surface area (Å²) in [6.07, 6.45) is 3.02. The summed E-state index contributed by atoms with van der Waals surface area (Å²) >= 11 is 1.92. The molecule has 2 aromatic carbocycles. The van der Waals surface area contributed by atoms with Crippen molar-refractivity contribution in [1.29, 1.82) is 0 Å². The van der Waals surface area contributed by atoms with E-state index >= 15 is 0 Å². The van der Waals surface area contributed by atoms with Crippen LogP contribution in [0.4, 0.5) is 24.5 Å². The van der Waals surface area contributed by atoms with Crippen molar-refractivity contribution >= 4 is 39.9 Å². The fraction of sp³-hybridized carbons (Fsp3) is 0.158. The second-order valence-electron chi connectivity index (χ2n) is 6.66. The first-order valence-electron chi connectivity index (χ1n) is 8.50. The van der Waals surface area contributed by atoms with Gasteiger partial charge in [-0.2, -0.15) is 0 Å². The molecule has 1 aliphatic rings. The van der Waals surface area contributed by atoms with Gasteiger partial charge in [0.05, 0.1) is 30.0 Å². The van der Waals surface area contributed by atoms with Gasteiger partial charge in [-0.25, -0.2) is 18.2 Å². The molecule has 3 aromatic rings. The van der Waals surface area contributed by atoms with E-state index in [-0.39, 0.29) is 24.3 Å². The van der Waals surface area contributed by atoms with Gasteiger partial charge in [0.1, 0.15) is 11.6 Å². The van der Waals surface area contributed by atoms with Gasteiger partial charge in [0.15, 0.2) is 17.2 Å². The number of anilines is 2. The summed E-state index contributed by atoms with van der Waals surface area (Å²) in [7, 11) is 0. The zero-order valence-electron chi connectivity index (χ0n) is 14.7. The van der Waals surface area contributed by atoms with E-state index in [9.17, 15) is 23.1 Å². The van der Waals surface area contributed by atoms with E-state index < -0.39 is 34.6 Å². The lowest BCUT2D eigenvalue weighted by Crippen LogP contribution is -2.61. The number of nitrogens with zero attached hydrogens (tertiary/aromatic N) is 2. The normalized spacial score (nSPS) is 15.1. The number of carbonyl (C=O) groups is 1. The fourth-order valence-electron chi connectivity index (χ4n) is 3.15. The summed E-state index contributed by atoms with van der Waals surface area (Å²) in [6, 6.07) is 6.13. The molecule has 1 aromatic heterocycles. The third-order valence-corrected chi connectivity index (χ3v) is 5.32. The van der Waals surface area contributed by atoms with Crippen molar-refractivity contribution < 1.29 is 23.1 Å². The maximum Gasteiger partial charge on any atom is 0.256 e. The van der Waals surface area contributed by atoms with Crippen LogP contribution in [0.2, 0.25) is 0 Å². The number of aliphatic hydroxyl groups is 1. The molecule has 0 radical (unpaired) electrons. The second-order valence-corrected chi connectivity index (χ2v) is 7.91. The largest absolute Gasteiger partial charge is 0.378 e. The number of halogens is 4. The van der Waals surface area contributed by atoms with E-state index in [1.165, 1.54) is 23.2 Å². The third kappa shape index (κ3) is 3.57. The van der Waals surface area contributed by atoms with Crippen molar-refractivity contribution in [2.24, 2.45) is 0 Å². The molecule has 3 N–H and O–H groups in total. The summed E-state index contributed by atoms with van der Waals surface area (Å²) in [6.45, 7) is -0.147. The highest BCUT2D eigenvalue weighted by Crippen LogP contribution is 2.34. The van der Waals surface area contributed by atoms with Gasteiger partial charge in [-0.3, -0.25) is 4.79 Å². The van der Waals surface area contributed by atoms with Crippen LogP contribution < -0.4 is 5.32 Å². The molecule has 4 rings (SSSR count). The molecule has 1 amide bonds. The number of benzene rings is 2. The number of nitrogens with one attached hydrogen (secondary N) is 2. The molecule has 0 atom stereocenters. The molecular formula is C19H14F3IN4O2. The number of hydrogen-bond acceptors (Lipinski definition) is 4. The van der Waals surface area contributed by atoms with Crippen LogP contribution in [0.3, 0.4) is 0 Å². The Morgan fingerprint density at radius 1 is 1.21 bits per heavy atom. The van der Waals surface area contributed by atoms with E-state index in [4.69, 9.17) is 0 Å². The fourth-order valence-corrected chi connectivity index (χ4v) is 3.60. The van der Waals surface area contributed by atoms with E-state index in [0.29, 0.717) is 9.39 Å². The minimum absolute atomic E-state index is 0.0737. The van der Waals surface area contributed by atoms with Crippen molar-refractivity contribution in [2.75, 3.05) is 18.4 Å². The number of imidazole rings is 1. The Bertz CT molecular complexity index is 1090. The van der Waals surface area contributed by atoms with Crippen LogP contribution >= 0.6 is 22.6 Å². The maximum absolute atomic E-state index is 14.5. The smallest absolute Gasteiger partial charge is 0.256 e. The van der Waals surface area contributed by atoms with E-state index in [2.05, 4.69) is 15.3 Å². The van der Waals surface area contributed by atoms with Crippen molar-refractivity contribution in [2.45, 2.75) is 5.60 Å². The molecule has 2 heterocycles. The molecule has 1 fully saturated rings. The monoisotopic (exact) mass is 514 g/mol. The van der Waals surface area contributed by atoms with Gasteiger partial charge in [0.2, 0.25) is 0 Å². The molecular weight excluding hydrogens is 500 g/mol. The molecule has 1 aliphatic heterocycles. The zero-order valence-corrected chi connectivity index (χ0v) is 16.9. The molecule has 0 saturated carbocycles. The predicted molar refractivity (Wildman–Crippen MR) is 107 cm³/mol. The van der Waals surface area contributed by atoms with E-state index in [1.807, 2.05) is 22.6 Å². The number of aromatic nitrogens is 2. The molecule has 0 bridgehead atoms. The van der Waals surface area contributed by atoms with E-state index in [0.717, 1.165) is 12.1 Å². The topological polar surface area (TPSA) is 81.2 Å². The number of H-pyrrole nitrogens is 1. The van der Waals surface area contributed by atoms with E-state index in [1.54, 1.807) is 12.3 Å². The van der Waals surface area contributed by atoms with Crippen molar-refractivity contribution in [3.8, 4) is 0 Å². The van der Waals surface area contributed by atoms with Crippen molar-refractivity contribution in [1.82, 2.24) is 14.9 Å². The Labute approximate surface area is 176 Å². The molecule has 1 saturated heterocycles. The number of likely N-dealkylation sites (tertiary alicyclic amines) is 1. The molecule has 0 aliphatic carbocycles. The molecule has 10 heteroatoms. The summed E-state index contributed by atoms with van der Waals surface area (Å²) < 4.78 is 43.1. The first kappa shape index (κ1) is 19.7. The van der Waals surface area contributed by atoms with Crippen LogP contribution in [0.15, 0.2) is 42.7 Å². The number of rotatable bonds is 4. The summed E-state index contributed by atoms with van der Waals surface area (Å²) in [5.74, 6) is -3.46. The maximum atomic E-state index is 14.5. The number of carbonyl (C=O) groups excluding carboxylic acids is 1. The van der Waals surface area contributed by atoms with Crippen molar-refractivity contribution in [3.05, 3.63) is 75.1 Å². The molecule has 6 nitrogen and oxygen atoms in total. The summed E-state index contributed by atoms with van der Waals surface area (Å²) in [4.78, 5) is 20.9. The number of amides is 1. The van der Waals surface area contributed by atoms with Gasteiger partial charge in [-0.1, -0.05) is 0 Å². The van der Waals surface area contributed by atoms with Crippen LogP contribution in [-0.4, -0.2) is 39.0 Å². The van der Waals surface area contributed by atoms with Gasteiger partial charge < -0.3 is 20.3 Å². The van der Waals surface area contributed by atoms with Gasteiger partial charge in [0, 0.05) is 16.0 Å². The van der Waals surface area contributed by atoms with Crippen LogP contribution in [0.25, 0.3) is 0 Å². The molecule has 29 heavy (non-hydrogen) atoms. The SMILES string of the molecule is O=C(c1ccc(F)c(F)c1Nc1ccc(I)cc1F)N1CC(O)(c2ncc[nH]2)C1. The zero-order chi connectivity index (χ0) is 20.8. The highest BCUT2D eigenvalue weighted by molar-refractivity contribution is 14.1. The Kier molecular flexibility index (Phi) is 4.99. The first-order valence-corrected chi connectivity index (χ1v) is 9.58. The van der Waals surface area contributed by atoms with Crippen LogP contribution in [0.1, 0.15) is 16.2 Å². The third-order valence-electron chi connectivity index (χ3n) is 4.65. The average Bonchev–Trinajstić information content (AvgIpc) is 3.19. The lowest BCUT2D eigenvalue weighted by molar-refractivity contribution is -0.0917. The van der Waals surface area contributed by atoms with Gasteiger partial charge >= 0.3 is 0 Å². The Hall–Kier alpha value is -2.60. The highest BCUT2D eigenvalue weighted by Gasteiger charge is 2.47. The predicted octanol–water partition coefficient (Wildman–Crippen LogP) is 3.52. The lowest BCUT2D eigenvalue weighted by atomic mass is 9.92. The first-order chi connectivity index (χ1) is 13.8. The second kappa shape index (κ2) is 7.34. The Morgan fingerprint density at radius 3 is 2.62 bits per heavy atom. The van der Waals surface area contributed by atoms with Crippen LogP contribution in [0.5, 0.6) is 0 Å². The van der Waals surface area contributed by atoms with Gasteiger partial charge in [0.25, 0.3) is 5.91 Å². The standard InChI is InChI=1S/C19H14F3IN4O2/c20-12-3-2-11(16(15(12)22)26-14-4-1-10(23)7-13(14)21)17(28)27-8-19(29,9-27)18-24-5-6-25-18/h1-7,26,29H,8-9H2,(H,24,25). The highest BCUT2D eigenvalue weighted by atomic mass is 127. The summed E-state index contributed by atoms with van der Waals surface area (Å²) in [5.41, 5.74) is -2.08. The van der Waals surface area contributed by atoms with Gasteiger partial charge in [-0.05, 0) is 52.9 Å². The lowest BCUT2D eigenvalue weighted by Gasteiger charge is -2.45. The number of hydrogen-bond donors (Lipinski definition) is 3. The van der Waals surface area contributed by atoms with Crippen LogP contribution in [0, 0.1) is 21.0 Å². The molecule has 0 unspecified atom stereocenters. The Morgan fingerprint density at radius 2 is 1.97 bits per heavy atom. The van der Waals surface area contributed by atoms with Crippen LogP contribution in [-0.2, 0) is 5.60 Å². The average molecular weight is 514 g/mol. The molecule has 150 valence electrons.